The Labute approximate surface area is 306 Å². The number of amides is 3. The highest BCUT2D eigenvalue weighted by atomic mass is 16.5. The van der Waals surface area contributed by atoms with Gasteiger partial charge >= 0.3 is 6.09 Å². The van der Waals surface area contributed by atoms with Gasteiger partial charge in [0.05, 0.1) is 49.4 Å². The molecule has 0 spiro atoms. The molecule has 0 bridgehead atoms. The molecule has 0 unspecified atom stereocenters. The molecule has 3 atom stereocenters. The maximum atomic E-state index is 13.2. The van der Waals surface area contributed by atoms with E-state index in [-0.39, 0.29) is 11.9 Å². The Morgan fingerprint density at radius 2 is 1.45 bits per heavy atom. The van der Waals surface area contributed by atoms with Crippen LogP contribution in [0.25, 0.3) is 33.9 Å². The van der Waals surface area contributed by atoms with Crippen molar-refractivity contribution in [2.45, 2.75) is 44.3 Å². The van der Waals surface area contributed by atoms with Gasteiger partial charge in [0, 0.05) is 30.1 Å². The monoisotopic (exact) mass is 709 g/mol. The first kappa shape index (κ1) is 34.8. The first-order valence-corrected chi connectivity index (χ1v) is 17.4. The minimum Gasteiger partial charge on any atom is -0.453 e. The van der Waals surface area contributed by atoms with Gasteiger partial charge in [0.1, 0.15) is 17.7 Å². The van der Waals surface area contributed by atoms with Crippen LogP contribution in [0.15, 0.2) is 110 Å². The summed E-state index contributed by atoms with van der Waals surface area (Å²) in [5, 5.41) is 5.50. The third-order valence-electron chi connectivity index (χ3n) is 9.31. The number of nitrogens with one attached hydrogen (secondary N) is 4. The number of likely N-dealkylation sites (tertiary alicyclic amines) is 1. The molecule has 268 valence electrons. The average molecular weight is 710 g/mol. The van der Waals surface area contributed by atoms with Crippen molar-refractivity contribution in [2.24, 2.45) is 0 Å². The van der Waals surface area contributed by atoms with Crippen LogP contribution in [-0.4, -0.2) is 66.4 Å². The maximum absolute atomic E-state index is 13.2. The second-order valence-electron chi connectivity index (χ2n) is 12.9. The van der Waals surface area contributed by atoms with E-state index in [1.807, 2.05) is 71.8 Å². The number of carbonyl (C=O) groups excluding carboxylic acids is 3. The lowest BCUT2D eigenvalue weighted by atomic mass is 10.1. The molecular weight excluding hydrogens is 670 g/mol. The minimum atomic E-state index is -0.947. The molecule has 0 aliphatic carbocycles. The Balaban J connectivity index is 0.975. The number of hydrogen-bond acceptors (Lipinski definition) is 8. The van der Waals surface area contributed by atoms with Crippen molar-refractivity contribution in [3.05, 3.63) is 132 Å². The highest BCUT2D eigenvalue weighted by molar-refractivity contribution is 5.87. The molecule has 1 aliphatic rings. The zero-order valence-corrected chi connectivity index (χ0v) is 29.3. The predicted octanol–water partition coefficient (Wildman–Crippen LogP) is 6.10. The molecule has 4 heterocycles. The van der Waals surface area contributed by atoms with E-state index < -0.39 is 24.1 Å². The highest BCUT2D eigenvalue weighted by Gasteiger charge is 2.32. The number of aromatic nitrogens is 6. The van der Waals surface area contributed by atoms with Gasteiger partial charge in [-0.2, -0.15) is 0 Å². The van der Waals surface area contributed by atoms with Crippen LogP contribution in [0.3, 0.4) is 0 Å². The lowest BCUT2D eigenvalue weighted by Gasteiger charge is -2.23. The Kier molecular flexibility index (Phi) is 10.3. The molecule has 6 aromatic rings. The largest absolute Gasteiger partial charge is 0.453 e. The van der Waals surface area contributed by atoms with Crippen molar-refractivity contribution < 1.29 is 19.1 Å². The number of benzene rings is 3. The Morgan fingerprint density at radius 1 is 0.792 bits per heavy atom. The van der Waals surface area contributed by atoms with Crippen molar-refractivity contribution in [3.8, 4) is 33.9 Å². The topological polar surface area (TPSA) is 171 Å². The Hall–Kier alpha value is -6.63. The quantitative estimate of drug-likeness (QED) is 0.125. The van der Waals surface area contributed by atoms with Crippen molar-refractivity contribution in [1.82, 2.24) is 45.4 Å². The summed E-state index contributed by atoms with van der Waals surface area (Å²) in [6.45, 7) is 2.53. The summed E-state index contributed by atoms with van der Waals surface area (Å²) in [7, 11) is 1.25. The Bertz CT molecular complexity index is 2170. The second-order valence-corrected chi connectivity index (χ2v) is 12.9. The minimum absolute atomic E-state index is 0.0681. The number of methoxy groups -OCH3 is 1. The van der Waals surface area contributed by atoms with Crippen molar-refractivity contribution in [2.75, 3.05) is 13.7 Å². The van der Waals surface area contributed by atoms with Crippen LogP contribution < -0.4 is 10.6 Å². The van der Waals surface area contributed by atoms with Gasteiger partial charge in [-0.05, 0) is 36.5 Å². The van der Waals surface area contributed by atoms with Crippen molar-refractivity contribution >= 4 is 17.9 Å². The lowest BCUT2D eigenvalue weighted by Crippen LogP contribution is -2.41. The van der Waals surface area contributed by atoms with Gasteiger partial charge in [-0.3, -0.25) is 9.59 Å². The summed E-state index contributed by atoms with van der Waals surface area (Å²) in [6.07, 6.45) is 8.41. The van der Waals surface area contributed by atoms with E-state index in [4.69, 9.17) is 4.74 Å². The van der Waals surface area contributed by atoms with Crippen LogP contribution in [0.1, 0.15) is 60.7 Å². The molecule has 3 aromatic carbocycles. The number of ether oxygens (including phenoxy) is 1. The van der Waals surface area contributed by atoms with Gasteiger partial charge < -0.3 is 30.2 Å². The molecule has 1 saturated heterocycles. The van der Waals surface area contributed by atoms with E-state index in [0.717, 1.165) is 53.2 Å². The van der Waals surface area contributed by atoms with E-state index >= 15 is 0 Å². The molecule has 1 fully saturated rings. The standard InChI is InChI=1S/C40H39N9O4/c1-25(45-39(51)35(48-40(52)53-2)28-12-7-4-8-13-28)36-43-24-32(46-36)30-21-41-37(42-22-30)29-17-15-27(16-18-29)31-23-44-38(47-31)33-14-9-19-49(33)34(50)20-26-10-5-3-6-11-26/h3-8,10-13,15-18,21-25,33,35H,9,14,19-20H2,1-2H3,(H,43,46)(H,44,47)(H,45,51)(H,48,52)/t25-,33-,35+/m0/s1. The van der Waals surface area contributed by atoms with Crippen LogP contribution in [0, 0.1) is 0 Å². The number of imidazole rings is 2. The molecular formula is C40H39N9O4. The summed E-state index contributed by atoms with van der Waals surface area (Å²) in [4.78, 5) is 65.3. The molecule has 0 radical (unpaired) electrons. The zero-order chi connectivity index (χ0) is 36.7. The molecule has 4 N–H and O–H groups in total. The van der Waals surface area contributed by atoms with Gasteiger partial charge in [0.25, 0.3) is 0 Å². The number of nitrogens with zero attached hydrogens (tertiary/aromatic N) is 5. The van der Waals surface area contributed by atoms with Crippen LogP contribution in [0.5, 0.6) is 0 Å². The van der Waals surface area contributed by atoms with Crippen molar-refractivity contribution in [3.63, 3.8) is 0 Å². The van der Waals surface area contributed by atoms with E-state index in [1.54, 1.807) is 49.8 Å². The normalized spacial score (nSPS) is 15.1. The number of alkyl carbamates (subject to hydrolysis) is 1. The SMILES string of the molecule is COC(=O)N[C@@H](C(=O)N[C@@H](C)c1ncc(-c2cnc(-c3ccc(-c4cnc([C@@H]5CCCN5C(=O)Cc5ccccc5)[nH]4)cc3)nc2)[nH]1)c1ccccc1. The fourth-order valence-corrected chi connectivity index (χ4v) is 6.48. The molecule has 0 saturated carbocycles. The van der Waals surface area contributed by atoms with E-state index in [9.17, 15) is 14.4 Å². The number of rotatable bonds is 11. The number of aromatic amines is 2. The summed E-state index contributed by atoms with van der Waals surface area (Å²) in [6, 6.07) is 25.2. The van der Waals surface area contributed by atoms with Gasteiger partial charge in [0.2, 0.25) is 11.8 Å². The average Bonchev–Trinajstić information content (AvgIpc) is 4.00. The fourth-order valence-electron chi connectivity index (χ4n) is 6.48. The molecule has 3 aromatic heterocycles. The predicted molar refractivity (Wildman–Crippen MR) is 198 cm³/mol. The smallest absolute Gasteiger partial charge is 0.407 e. The highest BCUT2D eigenvalue weighted by Crippen LogP contribution is 2.32. The fraction of sp³-hybridized carbons (Fsp3) is 0.225. The third-order valence-corrected chi connectivity index (χ3v) is 9.31. The second kappa shape index (κ2) is 15.7. The van der Waals surface area contributed by atoms with E-state index in [2.05, 4.69) is 40.5 Å². The molecule has 13 heteroatoms. The molecule has 53 heavy (non-hydrogen) atoms. The summed E-state index contributed by atoms with van der Waals surface area (Å²) >= 11 is 0. The van der Waals surface area contributed by atoms with E-state index in [0.29, 0.717) is 29.3 Å². The van der Waals surface area contributed by atoms with Crippen LogP contribution in [0.2, 0.25) is 0 Å². The van der Waals surface area contributed by atoms with Crippen molar-refractivity contribution in [1.29, 1.82) is 0 Å². The van der Waals surface area contributed by atoms with Gasteiger partial charge in [0.15, 0.2) is 5.82 Å². The van der Waals surface area contributed by atoms with E-state index in [1.165, 1.54) is 7.11 Å². The number of H-pyrrole nitrogens is 2. The summed E-state index contributed by atoms with van der Waals surface area (Å²) in [5.41, 5.74) is 5.73. The van der Waals surface area contributed by atoms with Gasteiger partial charge in [-0.15, -0.1) is 0 Å². The van der Waals surface area contributed by atoms with Crippen LogP contribution >= 0.6 is 0 Å². The Morgan fingerprint density at radius 3 is 2.17 bits per heavy atom. The van der Waals surface area contributed by atoms with Crippen LogP contribution in [0.4, 0.5) is 4.79 Å². The van der Waals surface area contributed by atoms with Crippen LogP contribution in [-0.2, 0) is 20.7 Å². The third kappa shape index (κ3) is 7.99. The summed E-state index contributed by atoms with van der Waals surface area (Å²) < 4.78 is 4.72. The summed E-state index contributed by atoms with van der Waals surface area (Å²) in [5.74, 6) is 1.59. The number of carbonyl (C=O) groups is 3. The molecule has 1 aliphatic heterocycles. The van der Waals surface area contributed by atoms with Gasteiger partial charge in [-0.25, -0.2) is 24.7 Å². The molecule has 3 amide bonds. The molecule has 13 nitrogen and oxygen atoms in total. The number of hydrogen-bond donors (Lipinski definition) is 4. The molecule has 7 rings (SSSR count). The first-order valence-electron chi connectivity index (χ1n) is 17.4. The van der Waals surface area contributed by atoms with Gasteiger partial charge in [-0.1, -0.05) is 84.9 Å². The zero-order valence-electron chi connectivity index (χ0n) is 29.3. The lowest BCUT2D eigenvalue weighted by molar-refractivity contribution is -0.131. The first-order chi connectivity index (χ1) is 25.9. The maximum Gasteiger partial charge on any atom is 0.407 e.